The van der Waals surface area contributed by atoms with Crippen LogP contribution in [0.15, 0.2) is 30.3 Å². The molecule has 0 amide bonds. The van der Waals surface area contributed by atoms with Gasteiger partial charge >= 0.3 is 0 Å². The summed E-state index contributed by atoms with van der Waals surface area (Å²) in [6, 6.07) is 8.39. The number of benzene rings is 1. The Morgan fingerprint density at radius 3 is 2.83 bits per heavy atom. The van der Waals surface area contributed by atoms with Gasteiger partial charge in [0.15, 0.2) is 11.6 Å². The molecule has 2 heterocycles. The minimum absolute atomic E-state index is 0.741. The quantitative estimate of drug-likeness (QED) is 0.763. The average Bonchev–Trinajstić information content (AvgIpc) is 2.61. The van der Waals surface area contributed by atoms with Crippen molar-refractivity contribution in [3.05, 3.63) is 58.8 Å². The number of hydrogen-bond acceptors (Lipinski definition) is 3. The lowest BCUT2D eigenvalue weighted by atomic mass is 10.1. The van der Waals surface area contributed by atoms with Gasteiger partial charge in [-0.3, -0.25) is 0 Å². The molecule has 1 aliphatic heterocycles. The Kier molecular flexibility index (Phi) is 5.75. The van der Waals surface area contributed by atoms with Gasteiger partial charge in [0.25, 0.3) is 0 Å². The van der Waals surface area contributed by atoms with Crippen LogP contribution in [0.2, 0.25) is 0 Å². The second-order valence-electron chi connectivity index (χ2n) is 6.19. The van der Waals surface area contributed by atoms with Crippen LogP contribution in [0.4, 0.5) is 14.6 Å². The molecule has 2 N–H and O–H groups in total. The summed E-state index contributed by atoms with van der Waals surface area (Å²) in [5.41, 5.74) is 3.24. The highest BCUT2D eigenvalue weighted by Crippen LogP contribution is 2.19. The maximum atomic E-state index is 13.1. The van der Waals surface area contributed by atoms with E-state index in [1.807, 2.05) is 0 Å². The second-order valence-corrected chi connectivity index (χ2v) is 6.19. The van der Waals surface area contributed by atoms with Gasteiger partial charge in [0.1, 0.15) is 5.82 Å². The van der Waals surface area contributed by atoms with Crippen LogP contribution in [0, 0.1) is 11.6 Å². The van der Waals surface area contributed by atoms with Crippen molar-refractivity contribution >= 4 is 5.82 Å². The first-order valence-electron chi connectivity index (χ1n) is 8.60. The molecule has 0 fully saturated rings. The summed E-state index contributed by atoms with van der Waals surface area (Å²) < 4.78 is 26.0. The molecule has 0 aliphatic carbocycles. The largest absolute Gasteiger partial charge is 0.370 e. The molecule has 24 heavy (non-hydrogen) atoms. The number of aromatic nitrogens is 1. The van der Waals surface area contributed by atoms with E-state index in [0.29, 0.717) is 0 Å². The first kappa shape index (κ1) is 16.8. The number of halogens is 2. The van der Waals surface area contributed by atoms with E-state index in [1.165, 1.54) is 24.1 Å². The molecule has 1 aliphatic rings. The van der Waals surface area contributed by atoms with E-state index in [2.05, 4.69) is 27.8 Å². The third-order valence-corrected chi connectivity index (χ3v) is 4.31. The summed E-state index contributed by atoms with van der Waals surface area (Å²) in [4.78, 5) is 4.67. The maximum absolute atomic E-state index is 13.1. The van der Waals surface area contributed by atoms with E-state index in [9.17, 15) is 8.78 Å². The molecule has 2 aromatic rings. The fraction of sp³-hybridized carbons (Fsp3) is 0.421. The zero-order chi connectivity index (χ0) is 16.8. The number of anilines is 1. The predicted octanol–water partition coefficient (Wildman–Crippen LogP) is 3.48. The molecular formula is C19H23F2N3. The molecule has 3 nitrogen and oxygen atoms in total. The number of pyridine rings is 1. The van der Waals surface area contributed by atoms with Crippen molar-refractivity contribution in [1.82, 2.24) is 10.3 Å². The van der Waals surface area contributed by atoms with Crippen molar-refractivity contribution in [3.8, 4) is 0 Å². The van der Waals surface area contributed by atoms with Crippen LogP contribution in [-0.4, -0.2) is 24.6 Å². The monoisotopic (exact) mass is 331 g/mol. The highest BCUT2D eigenvalue weighted by molar-refractivity contribution is 5.47. The molecule has 3 rings (SSSR count). The molecule has 1 aromatic heterocycles. The zero-order valence-corrected chi connectivity index (χ0v) is 13.7. The summed E-state index contributed by atoms with van der Waals surface area (Å²) >= 11 is 0. The van der Waals surface area contributed by atoms with Crippen LogP contribution < -0.4 is 10.6 Å². The van der Waals surface area contributed by atoms with Crippen molar-refractivity contribution in [2.45, 2.75) is 32.1 Å². The van der Waals surface area contributed by atoms with Gasteiger partial charge in [-0.25, -0.2) is 13.8 Å². The smallest absolute Gasteiger partial charge is 0.159 e. The van der Waals surface area contributed by atoms with Gasteiger partial charge in [0, 0.05) is 25.2 Å². The fourth-order valence-electron chi connectivity index (χ4n) is 2.96. The lowest BCUT2D eigenvalue weighted by molar-refractivity contribution is 0.506. The van der Waals surface area contributed by atoms with Crippen molar-refractivity contribution in [2.75, 3.05) is 25.0 Å². The van der Waals surface area contributed by atoms with Gasteiger partial charge in [-0.15, -0.1) is 0 Å². The highest BCUT2D eigenvalue weighted by Gasteiger charge is 2.09. The first-order chi connectivity index (χ1) is 11.7. The number of hydrogen-bond donors (Lipinski definition) is 2. The number of fused-ring (bicyclic) bond motifs is 1. The molecular weight excluding hydrogens is 308 g/mol. The van der Waals surface area contributed by atoms with Crippen LogP contribution in [0.25, 0.3) is 0 Å². The van der Waals surface area contributed by atoms with Gasteiger partial charge in [-0.2, -0.15) is 0 Å². The lowest BCUT2D eigenvalue weighted by Crippen LogP contribution is -2.20. The summed E-state index contributed by atoms with van der Waals surface area (Å²) in [5.74, 6) is -0.520. The van der Waals surface area contributed by atoms with E-state index < -0.39 is 11.6 Å². The number of nitrogens with one attached hydrogen (secondary N) is 2. The van der Waals surface area contributed by atoms with Gasteiger partial charge in [0.2, 0.25) is 0 Å². The minimum atomic E-state index is -0.788. The maximum Gasteiger partial charge on any atom is 0.159 e. The van der Waals surface area contributed by atoms with E-state index >= 15 is 0 Å². The predicted molar refractivity (Wildman–Crippen MR) is 92.3 cm³/mol. The van der Waals surface area contributed by atoms with Gasteiger partial charge in [-0.05, 0) is 61.6 Å². The summed E-state index contributed by atoms with van der Waals surface area (Å²) in [5, 5.41) is 6.73. The summed E-state index contributed by atoms with van der Waals surface area (Å²) in [6.45, 7) is 2.72. The Balaban J connectivity index is 1.36. The Hall–Kier alpha value is -2.01. The van der Waals surface area contributed by atoms with E-state index in [1.54, 1.807) is 6.07 Å². The average molecular weight is 331 g/mol. The third-order valence-electron chi connectivity index (χ3n) is 4.31. The van der Waals surface area contributed by atoms with Crippen LogP contribution >= 0.6 is 0 Å². The Bertz CT molecular complexity index is 688. The molecule has 0 unspecified atom stereocenters. The van der Waals surface area contributed by atoms with Gasteiger partial charge in [0.05, 0.1) is 0 Å². The molecule has 1 aromatic carbocycles. The molecule has 0 saturated heterocycles. The van der Waals surface area contributed by atoms with Crippen LogP contribution in [0.3, 0.4) is 0 Å². The van der Waals surface area contributed by atoms with Crippen molar-refractivity contribution in [2.24, 2.45) is 0 Å². The molecule has 0 atom stereocenters. The molecule has 0 radical (unpaired) electrons. The molecule has 0 spiro atoms. The standard InChI is InChI=1S/C19H23F2N3/c20-17-8-5-14(13-18(17)21)3-1-10-22-12-9-16-7-6-15-4-2-11-23-19(15)24-16/h5-8,13,22H,1-4,9-12H2,(H,23,24). The molecule has 0 bridgehead atoms. The summed E-state index contributed by atoms with van der Waals surface area (Å²) in [7, 11) is 0. The van der Waals surface area contributed by atoms with Crippen LogP contribution in [0.1, 0.15) is 29.7 Å². The highest BCUT2D eigenvalue weighted by atomic mass is 19.2. The number of nitrogens with zero attached hydrogens (tertiary/aromatic N) is 1. The van der Waals surface area contributed by atoms with Crippen LogP contribution in [-0.2, 0) is 19.3 Å². The zero-order valence-electron chi connectivity index (χ0n) is 13.7. The van der Waals surface area contributed by atoms with Crippen molar-refractivity contribution < 1.29 is 8.78 Å². The van der Waals surface area contributed by atoms with Gasteiger partial charge in [-0.1, -0.05) is 12.1 Å². The first-order valence-corrected chi connectivity index (χ1v) is 8.60. The Labute approximate surface area is 141 Å². The lowest BCUT2D eigenvalue weighted by Gasteiger charge is -2.17. The SMILES string of the molecule is Fc1ccc(CCCNCCc2ccc3c(n2)NCCC3)cc1F. The Morgan fingerprint density at radius 2 is 1.96 bits per heavy atom. The second kappa shape index (κ2) is 8.20. The molecule has 128 valence electrons. The normalized spacial score (nSPS) is 13.4. The Morgan fingerprint density at radius 1 is 1.04 bits per heavy atom. The van der Waals surface area contributed by atoms with Crippen LogP contribution in [0.5, 0.6) is 0 Å². The number of aryl methyl sites for hydroxylation is 2. The van der Waals surface area contributed by atoms with E-state index in [4.69, 9.17) is 0 Å². The van der Waals surface area contributed by atoms with Gasteiger partial charge < -0.3 is 10.6 Å². The van der Waals surface area contributed by atoms with E-state index in [-0.39, 0.29) is 0 Å². The number of rotatable bonds is 7. The topological polar surface area (TPSA) is 37.0 Å². The molecule has 0 saturated carbocycles. The summed E-state index contributed by atoms with van der Waals surface area (Å²) in [6.07, 6.45) is 4.81. The van der Waals surface area contributed by atoms with Crippen molar-refractivity contribution in [3.63, 3.8) is 0 Å². The molecule has 5 heteroatoms. The fourth-order valence-corrected chi connectivity index (χ4v) is 2.96. The van der Waals surface area contributed by atoms with Crippen molar-refractivity contribution in [1.29, 1.82) is 0 Å². The third kappa shape index (κ3) is 4.51. The van der Waals surface area contributed by atoms with E-state index in [0.717, 1.165) is 62.4 Å². The minimum Gasteiger partial charge on any atom is -0.370 e.